The van der Waals surface area contributed by atoms with Crippen LogP contribution in [0, 0.1) is 6.92 Å². The predicted molar refractivity (Wildman–Crippen MR) is 182 cm³/mol. The summed E-state index contributed by atoms with van der Waals surface area (Å²) in [6.45, 7) is 6.10. The largest absolute Gasteiger partial charge is 0.486 e. The Morgan fingerprint density at radius 3 is 2.17 bits per heavy atom. The van der Waals surface area contributed by atoms with Crippen LogP contribution in [-0.2, 0) is 32.6 Å². The number of fused-ring (bicyclic) bond motifs is 1. The van der Waals surface area contributed by atoms with E-state index >= 15 is 0 Å². The van der Waals surface area contributed by atoms with Crippen LogP contribution >= 0.6 is 0 Å². The lowest BCUT2D eigenvalue weighted by molar-refractivity contribution is -0.140. The van der Waals surface area contributed by atoms with Crippen molar-refractivity contribution in [2.45, 2.75) is 57.1 Å². The summed E-state index contributed by atoms with van der Waals surface area (Å²) in [7, 11) is -4.23. The minimum absolute atomic E-state index is 0.0310. The summed E-state index contributed by atoms with van der Waals surface area (Å²) in [4.78, 5) is 30.2. The van der Waals surface area contributed by atoms with Gasteiger partial charge in [-0.05, 0) is 61.2 Å². The minimum Gasteiger partial charge on any atom is -0.486 e. The second kappa shape index (κ2) is 15.2. The minimum atomic E-state index is -4.23. The fourth-order valence-electron chi connectivity index (χ4n) is 5.40. The first-order valence-corrected chi connectivity index (χ1v) is 17.3. The van der Waals surface area contributed by atoms with Crippen LogP contribution in [0.4, 0.5) is 5.69 Å². The Balaban J connectivity index is 1.59. The number of hydrogen-bond donors (Lipinski definition) is 1. The zero-order valence-corrected chi connectivity index (χ0v) is 27.8. The van der Waals surface area contributed by atoms with E-state index in [4.69, 9.17) is 9.47 Å². The molecule has 1 N–H and O–H groups in total. The second-order valence-electron chi connectivity index (χ2n) is 11.6. The lowest BCUT2D eigenvalue weighted by Crippen LogP contribution is -2.54. The Bertz CT molecular complexity index is 1780. The first-order chi connectivity index (χ1) is 22.7. The van der Waals surface area contributed by atoms with Crippen LogP contribution in [0.3, 0.4) is 0 Å². The highest BCUT2D eigenvalue weighted by atomic mass is 32.2. The predicted octanol–water partition coefficient (Wildman–Crippen LogP) is 5.52. The summed E-state index contributed by atoms with van der Waals surface area (Å²) in [5, 5.41) is 3.07. The Hall–Kier alpha value is -4.83. The average Bonchev–Trinajstić information content (AvgIpc) is 3.09. The molecule has 0 radical (unpaired) electrons. The summed E-state index contributed by atoms with van der Waals surface area (Å²) < 4.78 is 41.0. The van der Waals surface area contributed by atoms with Gasteiger partial charge >= 0.3 is 0 Å². The van der Waals surface area contributed by atoms with Crippen molar-refractivity contribution < 1.29 is 27.5 Å². The molecule has 0 spiro atoms. The molecule has 5 rings (SSSR count). The van der Waals surface area contributed by atoms with E-state index in [-0.39, 0.29) is 35.5 Å². The molecule has 0 fully saturated rings. The standard InChI is InChI=1S/C37H41N3O6S/c1-4-28(3)38-37(42)33(23-29-14-7-5-8-15-29)39(25-30-16-12-11-13-27(30)2)36(41)26-40(47(43,44)32-17-9-6-10-18-32)31-19-20-34-35(24-31)46-22-21-45-34/h5-20,24,28,33H,4,21-23,25-26H2,1-3H3,(H,38,42)/t28-,33+/m1/s1. The number of rotatable bonds is 13. The normalized spacial score (nSPS) is 13.7. The lowest BCUT2D eigenvalue weighted by atomic mass is 10.0. The van der Waals surface area contributed by atoms with Gasteiger partial charge in [-0.25, -0.2) is 8.42 Å². The molecular formula is C37H41N3O6S. The molecule has 246 valence electrons. The van der Waals surface area contributed by atoms with E-state index < -0.39 is 28.5 Å². The van der Waals surface area contributed by atoms with E-state index in [1.807, 2.05) is 75.4 Å². The SMILES string of the molecule is CC[C@@H](C)NC(=O)[C@H](Cc1ccccc1)N(Cc1ccccc1C)C(=O)CN(c1ccc2c(c1)OCCO2)S(=O)(=O)c1ccccc1. The van der Waals surface area contributed by atoms with Crippen molar-refractivity contribution in [2.24, 2.45) is 0 Å². The third-order valence-corrected chi connectivity index (χ3v) is 10.1. The van der Waals surface area contributed by atoms with E-state index in [1.54, 1.807) is 36.4 Å². The van der Waals surface area contributed by atoms with E-state index in [0.29, 0.717) is 31.1 Å². The van der Waals surface area contributed by atoms with Crippen LogP contribution in [-0.4, -0.2) is 57.0 Å². The molecule has 0 aliphatic carbocycles. The van der Waals surface area contributed by atoms with Gasteiger partial charge in [-0.15, -0.1) is 0 Å². The number of sulfonamides is 1. The quantitative estimate of drug-likeness (QED) is 0.204. The van der Waals surface area contributed by atoms with E-state index in [1.165, 1.54) is 17.0 Å². The number of hydrogen-bond acceptors (Lipinski definition) is 6. The molecule has 0 aromatic heterocycles. The van der Waals surface area contributed by atoms with Gasteiger partial charge in [0.2, 0.25) is 11.8 Å². The molecule has 47 heavy (non-hydrogen) atoms. The molecule has 0 bridgehead atoms. The Kier molecular flexibility index (Phi) is 10.8. The van der Waals surface area contributed by atoms with Gasteiger partial charge in [0.1, 0.15) is 25.8 Å². The maximum absolute atomic E-state index is 14.7. The molecule has 0 unspecified atom stereocenters. The zero-order chi connectivity index (χ0) is 33.4. The van der Waals surface area contributed by atoms with Crippen molar-refractivity contribution in [3.05, 3.63) is 120 Å². The fourth-order valence-corrected chi connectivity index (χ4v) is 6.83. The Labute approximate surface area is 277 Å². The van der Waals surface area contributed by atoms with E-state index in [2.05, 4.69) is 5.32 Å². The highest BCUT2D eigenvalue weighted by Crippen LogP contribution is 2.36. The molecule has 1 heterocycles. The van der Waals surface area contributed by atoms with Crippen LogP contribution < -0.4 is 19.1 Å². The monoisotopic (exact) mass is 655 g/mol. The second-order valence-corrected chi connectivity index (χ2v) is 13.5. The maximum Gasteiger partial charge on any atom is 0.264 e. The van der Waals surface area contributed by atoms with E-state index in [0.717, 1.165) is 21.0 Å². The van der Waals surface area contributed by atoms with Gasteiger partial charge in [0.15, 0.2) is 11.5 Å². The number of aryl methyl sites for hydroxylation is 1. The van der Waals surface area contributed by atoms with Gasteiger partial charge in [0.25, 0.3) is 10.0 Å². The number of nitrogens with one attached hydrogen (secondary N) is 1. The van der Waals surface area contributed by atoms with Crippen LogP contribution in [0.2, 0.25) is 0 Å². The third-order valence-electron chi connectivity index (χ3n) is 8.30. The van der Waals surface area contributed by atoms with Gasteiger partial charge < -0.3 is 19.7 Å². The van der Waals surface area contributed by atoms with Crippen molar-refractivity contribution in [1.29, 1.82) is 0 Å². The molecule has 0 saturated heterocycles. The van der Waals surface area contributed by atoms with Gasteiger partial charge in [0.05, 0.1) is 10.6 Å². The summed E-state index contributed by atoms with van der Waals surface area (Å²) in [5.74, 6) is 0.0557. The number of amides is 2. The zero-order valence-electron chi connectivity index (χ0n) is 27.0. The molecule has 9 nitrogen and oxygen atoms in total. The smallest absolute Gasteiger partial charge is 0.264 e. The van der Waals surface area contributed by atoms with Crippen LogP contribution in [0.15, 0.2) is 108 Å². The van der Waals surface area contributed by atoms with Gasteiger partial charge in [-0.3, -0.25) is 13.9 Å². The van der Waals surface area contributed by atoms with Crippen LogP contribution in [0.25, 0.3) is 0 Å². The Morgan fingerprint density at radius 2 is 1.49 bits per heavy atom. The van der Waals surface area contributed by atoms with Gasteiger partial charge in [-0.1, -0.05) is 79.7 Å². The number of nitrogens with zero attached hydrogens (tertiary/aromatic N) is 2. The first-order valence-electron chi connectivity index (χ1n) is 15.8. The number of benzene rings is 4. The summed E-state index contributed by atoms with van der Waals surface area (Å²) in [6, 6.07) is 29.0. The topological polar surface area (TPSA) is 105 Å². The summed E-state index contributed by atoms with van der Waals surface area (Å²) >= 11 is 0. The number of anilines is 1. The number of ether oxygens (including phenoxy) is 2. The molecule has 4 aromatic carbocycles. The van der Waals surface area contributed by atoms with Gasteiger partial charge in [-0.2, -0.15) is 0 Å². The molecule has 10 heteroatoms. The maximum atomic E-state index is 14.7. The molecule has 1 aliphatic rings. The van der Waals surface area contributed by atoms with Crippen molar-refractivity contribution in [2.75, 3.05) is 24.1 Å². The highest BCUT2D eigenvalue weighted by Gasteiger charge is 2.35. The molecule has 2 atom stereocenters. The lowest BCUT2D eigenvalue weighted by Gasteiger charge is -2.34. The van der Waals surface area contributed by atoms with Gasteiger partial charge in [0, 0.05) is 25.1 Å². The van der Waals surface area contributed by atoms with E-state index in [9.17, 15) is 18.0 Å². The van der Waals surface area contributed by atoms with Crippen molar-refractivity contribution in [3.63, 3.8) is 0 Å². The fraction of sp³-hybridized carbons (Fsp3) is 0.297. The first kappa shape index (κ1) is 33.5. The highest BCUT2D eigenvalue weighted by molar-refractivity contribution is 7.92. The summed E-state index contributed by atoms with van der Waals surface area (Å²) in [5.41, 5.74) is 2.92. The molecule has 1 aliphatic heterocycles. The average molecular weight is 656 g/mol. The number of carbonyl (C=O) groups excluding carboxylic acids is 2. The molecule has 2 amide bonds. The van der Waals surface area contributed by atoms with Crippen molar-refractivity contribution in [1.82, 2.24) is 10.2 Å². The Morgan fingerprint density at radius 1 is 0.851 bits per heavy atom. The van der Waals surface area contributed by atoms with Crippen molar-refractivity contribution in [3.8, 4) is 11.5 Å². The van der Waals surface area contributed by atoms with Crippen molar-refractivity contribution >= 4 is 27.5 Å². The molecular weight excluding hydrogens is 614 g/mol. The third kappa shape index (κ3) is 8.13. The van der Waals surface area contributed by atoms with Crippen LogP contribution in [0.1, 0.15) is 37.0 Å². The number of carbonyl (C=O) groups is 2. The molecule has 4 aromatic rings. The van der Waals surface area contributed by atoms with Crippen LogP contribution in [0.5, 0.6) is 11.5 Å². The molecule has 0 saturated carbocycles. The summed E-state index contributed by atoms with van der Waals surface area (Å²) in [6.07, 6.45) is 0.957.